The van der Waals surface area contributed by atoms with E-state index in [0.717, 1.165) is 26.7 Å². The molecule has 0 amide bonds. The fourth-order valence-corrected chi connectivity index (χ4v) is 2.24. The zero-order chi connectivity index (χ0) is 13.2. The number of hydrogen-bond acceptors (Lipinski definition) is 3. The van der Waals surface area contributed by atoms with Crippen molar-refractivity contribution in [1.29, 1.82) is 0 Å². The zero-order valence-electron chi connectivity index (χ0n) is 9.85. The van der Waals surface area contributed by atoms with Crippen molar-refractivity contribution in [2.24, 2.45) is 0 Å². The molecule has 0 atom stereocenters. The third-order valence-corrected chi connectivity index (χ3v) is 3.42. The summed E-state index contributed by atoms with van der Waals surface area (Å²) in [6.45, 7) is 0.680. The standard InChI is InChI=1S/C13H10BrClN4/c14-12-8-19-11(6-18-13(19)7-17-12)5-16-10-3-1-9(15)2-4-10/h1-4,6-8,16H,5H2. The van der Waals surface area contributed by atoms with E-state index in [-0.39, 0.29) is 0 Å². The van der Waals surface area contributed by atoms with Gasteiger partial charge >= 0.3 is 0 Å². The van der Waals surface area contributed by atoms with E-state index in [9.17, 15) is 0 Å². The smallest absolute Gasteiger partial charge is 0.155 e. The molecule has 0 aliphatic heterocycles. The number of fused-ring (bicyclic) bond motifs is 1. The van der Waals surface area contributed by atoms with Crippen molar-refractivity contribution >= 4 is 38.9 Å². The summed E-state index contributed by atoms with van der Waals surface area (Å²) in [4.78, 5) is 8.45. The second kappa shape index (κ2) is 5.19. The Morgan fingerprint density at radius 3 is 2.74 bits per heavy atom. The molecule has 4 nitrogen and oxygen atoms in total. The summed E-state index contributed by atoms with van der Waals surface area (Å²) in [7, 11) is 0. The summed E-state index contributed by atoms with van der Waals surface area (Å²) in [5.41, 5.74) is 2.91. The summed E-state index contributed by atoms with van der Waals surface area (Å²) >= 11 is 9.21. The summed E-state index contributed by atoms with van der Waals surface area (Å²) in [6, 6.07) is 7.61. The fourth-order valence-electron chi connectivity index (χ4n) is 1.81. The van der Waals surface area contributed by atoms with Gasteiger partial charge in [0.15, 0.2) is 5.65 Å². The van der Waals surface area contributed by atoms with E-state index in [0.29, 0.717) is 6.54 Å². The summed E-state index contributed by atoms with van der Waals surface area (Å²) in [5, 5.41) is 4.06. The Morgan fingerprint density at radius 1 is 1.16 bits per heavy atom. The van der Waals surface area contributed by atoms with Gasteiger partial charge in [-0.25, -0.2) is 9.97 Å². The van der Waals surface area contributed by atoms with E-state index < -0.39 is 0 Å². The Hall–Kier alpha value is -1.59. The van der Waals surface area contributed by atoms with Gasteiger partial charge < -0.3 is 5.32 Å². The van der Waals surface area contributed by atoms with Crippen LogP contribution in [0.15, 0.2) is 47.5 Å². The molecule has 19 heavy (non-hydrogen) atoms. The van der Waals surface area contributed by atoms with Crippen molar-refractivity contribution in [3.63, 3.8) is 0 Å². The zero-order valence-corrected chi connectivity index (χ0v) is 12.2. The molecule has 2 heterocycles. The molecule has 1 aromatic carbocycles. The topological polar surface area (TPSA) is 42.2 Å². The molecule has 3 rings (SSSR count). The van der Waals surface area contributed by atoms with Crippen molar-refractivity contribution in [3.8, 4) is 0 Å². The third kappa shape index (κ3) is 2.72. The second-order valence-electron chi connectivity index (χ2n) is 4.05. The van der Waals surface area contributed by atoms with Gasteiger partial charge in [0.05, 0.1) is 24.6 Å². The molecule has 0 spiro atoms. The molecule has 6 heteroatoms. The van der Waals surface area contributed by atoms with Crippen LogP contribution < -0.4 is 5.32 Å². The third-order valence-electron chi connectivity index (χ3n) is 2.76. The number of hydrogen-bond donors (Lipinski definition) is 1. The largest absolute Gasteiger partial charge is 0.379 e. The first-order valence-electron chi connectivity index (χ1n) is 5.69. The first-order chi connectivity index (χ1) is 9.22. The number of aromatic nitrogens is 3. The van der Waals surface area contributed by atoms with Crippen LogP contribution in [0.2, 0.25) is 5.02 Å². The Balaban J connectivity index is 1.81. The van der Waals surface area contributed by atoms with Crippen molar-refractivity contribution < 1.29 is 0 Å². The highest BCUT2D eigenvalue weighted by atomic mass is 79.9. The predicted molar refractivity (Wildman–Crippen MR) is 79.5 cm³/mol. The van der Waals surface area contributed by atoms with Crippen LogP contribution in [-0.2, 0) is 6.54 Å². The van der Waals surface area contributed by atoms with Crippen molar-refractivity contribution in [1.82, 2.24) is 14.4 Å². The molecule has 0 fully saturated rings. The highest BCUT2D eigenvalue weighted by Crippen LogP contribution is 2.15. The van der Waals surface area contributed by atoms with Crippen molar-refractivity contribution in [3.05, 3.63) is 58.2 Å². The van der Waals surface area contributed by atoms with Crippen molar-refractivity contribution in [2.75, 3.05) is 5.32 Å². The molecule has 3 aromatic rings. The molecule has 0 unspecified atom stereocenters. The summed E-state index contributed by atoms with van der Waals surface area (Å²) < 4.78 is 2.78. The van der Waals surface area contributed by atoms with E-state index >= 15 is 0 Å². The summed E-state index contributed by atoms with van der Waals surface area (Å²) in [6.07, 6.45) is 5.48. The maximum Gasteiger partial charge on any atom is 0.155 e. The van der Waals surface area contributed by atoms with Gasteiger partial charge in [0.1, 0.15) is 4.60 Å². The van der Waals surface area contributed by atoms with Crippen LogP contribution in [-0.4, -0.2) is 14.4 Å². The normalized spacial score (nSPS) is 10.8. The lowest BCUT2D eigenvalue weighted by Crippen LogP contribution is -2.02. The van der Waals surface area contributed by atoms with Gasteiger partial charge in [-0.3, -0.25) is 4.40 Å². The lowest BCUT2D eigenvalue weighted by atomic mass is 10.3. The highest BCUT2D eigenvalue weighted by molar-refractivity contribution is 9.10. The van der Waals surface area contributed by atoms with Crippen LogP contribution in [0.1, 0.15) is 5.69 Å². The lowest BCUT2D eigenvalue weighted by Gasteiger charge is -2.06. The van der Waals surface area contributed by atoms with Gasteiger partial charge in [-0.15, -0.1) is 0 Å². The number of anilines is 1. The number of nitrogens with one attached hydrogen (secondary N) is 1. The average molecular weight is 338 g/mol. The van der Waals surface area contributed by atoms with Gasteiger partial charge in [0.25, 0.3) is 0 Å². The van der Waals surface area contributed by atoms with Crippen molar-refractivity contribution in [2.45, 2.75) is 6.54 Å². The number of nitrogens with zero attached hydrogens (tertiary/aromatic N) is 3. The molecule has 2 aromatic heterocycles. The second-order valence-corrected chi connectivity index (χ2v) is 5.30. The van der Waals surface area contributed by atoms with Crippen LogP contribution in [0.3, 0.4) is 0 Å². The Labute approximate surface area is 123 Å². The molecular formula is C13H10BrClN4. The lowest BCUT2D eigenvalue weighted by molar-refractivity contribution is 0.983. The van der Waals surface area contributed by atoms with Gasteiger partial charge in [0.2, 0.25) is 0 Å². The van der Waals surface area contributed by atoms with Gasteiger partial charge in [-0.2, -0.15) is 0 Å². The number of halogens is 2. The Morgan fingerprint density at radius 2 is 1.95 bits per heavy atom. The number of benzene rings is 1. The van der Waals surface area contributed by atoms with Crippen LogP contribution in [0.4, 0.5) is 5.69 Å². The molecule has 96 valence electrons. The molecular weight excluding hydrogens is 328 g/mol. The highest BCUT2D eigenvalue weighted by Gasteiger charge is 2.04. The molecule has 0 saturated heterocycles. The van der Waals surface area contributed by atoms with Crippen LogP contribution >= 0.6 is 27.5 Å². The quantitative estimate of drug-likeness (QED) is 0.791. The molecule has 0 aliphatic carbocycles. The van der Waals surface area contributed by atoms with Crippen LogP contribution in [0.25, 0.3) is 5.65 Å². The molecule has 1 N–H and O–H groups in total. The minimum absolute atomic E-state index is 0.680. The number of rotatable bonds is 3. The maximum absolute atomic E-state index is 5.85. The first kappa shape index (κ1) is 12.4. The minimum Gasteiger partial charge on any atom is -0.379 e. The van der Waals surface area contributed by atoms with E-state index in [1.54, 1.807) is 6.20 Å². The SMILES string of the molecule is Clc1ccc(NCc2cnc3cnc(Br)cn23)cc1. The van der Waals surface area contributed by atoms with E-state index in [4.69, 9.17) is 11.6 Å². The van der Waals surface area contributed by atoms with Gasteiger partial charge in [-0.1, -0.05) is 11.6 Å². The monoisotopic (exact) mass is 336 g/mol. The van der Waals surface area contributed by atoms with Crippen LogP contribution in [0.5, 0.6) is 0 Å². The minimum atomic E-state index is 0.680. The van der Waals surface area contributed by atoms with Gasteiger partial charge in [-0.05, 0) is 40.2 Å². The maximum atomic E-state index is 5.85. The first-order valence-corrected chi connectivity index (χ1v) is 6.86. The Bertz CT molecular complexity index is 708. The van der Waals surface area contributed by atoms with Gasteiger partial charge in [0, 0.05) is 16.9 Å². The molecule has 0 aliphatic rings. The van der Waals surface area contributed by atoms with E-state index in [2.05, 4.69) is 31.2 Å². The predicted octanol–water partition coefficient (Wildman–Crippen LogP) is 3.76. The van der Waals surface area contributed by atoms with E-state index in [1.807, 2.05) is 41.1 Å². The number of imidazole rings is 1. The fraction of sp³-hybridized carbons (Fsp3) is 0.0769. The summed E-state index contributed by atoms with van der Waals surface area (Å²) in [5.74, 6) is 0. The Kier molecular flexibility index (Phi) is 3.40. The van der Waals surface area contributed by atoms with Crippen LogP contribution in [0, 0.1) is 0 Å². The molecule has 0 bridgehead atoms. The molecule has 0 saturated carbocycles. The molecule has 0 radical (unpaired) electrons. The van der Waals surface area contributed by atoms with E-state index in [1.165, 1.54) is 0 Å². The average Bonchev–Trinajstić information content (AvgIpc) is 2.80.